The van der Waals surface area contributed by atoms with E-state index in [2.05, 4.69) is 37.9 Å². The highest BCUT2D eigenvalue weighted by Crippen LogP contribution is 2.50. The molecule has 0 aromatic rings. The summed E-state index contributed by atoms with van der Waals surface area (Å²) in [7, 11) is 0. The third kappa shape index (κ3) is 2.18. The fourth-order valence-corrected chi connectivity index (χ4v) is 5.04. The van der Waals surface area contributed by atoms with Gasteiger partial charge in [-0.05, 0) is 56.3 Å². The summed E-state index contributed by atoms with van der Waals surface area (Å²) < 4.78 is 0. The molecule has 1 amide bonds. The molecule has 0 aromatic carbocycles. The van der Waals surface area contributed by atoms with Crippen molar-refractivity contribution in [1.29, 1.82) is 0 Å². The second-order valence-corrected chi connectivity index (χ2v) is 7.64. The fourth-order valence-electron chi connectivity index (χ4n) is 5.04. The maximum atomic E-state index is 12.8. The van der Waals surface area contributed by atoms with E-state index in [0.717, 1.165) is 24.2 Å². The van der Waals surface area contributed by atoms with Crippen LogP contribution in [0.5, 0.6) is 0 Å². The van der Waals surface area contributed by atoms with E-state index in [-0.39, 0.29) is 12.2 Å². The van der Waals surface area contributed by atoms with Crippen LogP contribution in [0, 0.1) is 23.7 Å². The second kappa shape index (κ2) is 5.32. The minimum atomic E-state index is 0.0287. The number of nitrogens with one attached hydrogen (secondary N) is 1. The van der Waals surface area contributed by atoms with E-state index in [4.69, 9.17) is 0 Å². The van der Waals surface area contributed by atoms with Crippen molar-refractivity contribution in [2.75, 3.05) is 0 Å². The summed E-state index contributed by atoms with van der Waals surface area (Å²) in [6.07, 6.45) is 6.89. The van der Waals surface area contributed by atoms with Gasteiger partial charge in [0.15, 0.2) is 0 Å². The summed E-state index contributed by atoms with van der Waals surface area (Å²) in [6, 6.07) is 0.444. The molecule has 1 saturated heterocycles. The van der Waals surface area contributed by atoms with Crippen molar-refractivity contribution in [2.24, 2.45) is 23.7 Å². The van der Waals surface area contributed by atoms with E-state index in [1.807, 2.05) is 0 Å². The molecule has 3 aliphatic rings. The SMILES string of the molecule is CCC1NC(C(C)C)C(=O)N1C(C)C1CC2CCC1C2. The monoisotopic (exact) mass is 278 g/mol. The maximum absolute atomic E-state index is 12.8. The number of amides is 1. The Morgan fingerprint density at radius 1 is 1.25 bits per heavy atom. The van der Waals surface area contributed by atoms with Crippen molar-refractivity contribution >= 4 is 5.91 Å². The summed E-state index contributed by atoms with van der Waals surface area (Å²) >= 11 is 0. The van der Waals surface area contributed by atoms with Gasteiger partial charge < -0.3 is 4.90 Å². The molecule has 1 heterocycles. The van der Waals surface area contributed by atoms with Gasteiger partial charge in [-0.3, -0.25) is 10.1 Å². The van der Waals surface area contributed by atoms with E-state index < -0.39 is 0 Å². The first kappa shape index (κ1) is 14.4. The molecule has 3 heteroatoms. The molecule has 6 unspecified atom stereocenters. The van der Waals surface area contributed by atoms with Gasteiger partial charge in [0, 0.05) is 6.04 Å². The summed E-state index contributed by atoms with van der Waals surface area (Å²) in [5.74, 6) is 3.33. The third-order valence-corrected chi connectivity index (χ3v) is 6.13. The first-order valence-corrected chi connectivity index (χ1v) is 8.61. The normalized spacial score (nSPS) is 42.0. The number of fused-ring (bicyclic) bond motifs is 2. The van der Waals surface area contributed by atoms with Crippen LogP contribution in [-0.2, 0) is 4.79 Å². The summed E-state index contributed by atoms with van der Waals surface area (Å²) in [6.45, 7) is 8.78. The molecule has 1 N–H and O–H groups in total. The summed E-state index contributed by atoms with van der Waals surface area (Å²) in [4.78, 5) is 15.0. The van der Waals surface area contributed by atoms with E-state index in [1.54, 1.807) is 0 Å². The van der Waals surface area contributed by atoms with Crippen LogP contribution in [0.1, 0.15) is 59.8 Å². The van der Waals surface area contributed by atoms with Crippen LogP contribution >= 0.6 is 0 Å². The Hall–Kier alpha value is -0.570. The van der Waals surface area contributed by atoms with Gasteiger partial charge in [-0.25, -0.2) is 0 Å². The molecule has 6 atom stereocenters. The maximum Gasteiger partial charge on any atom is 0.241 e. The highest BCUT2D eigenvalue weighted by molar-refractivity contribution is 5.85. The minimum absolute atomic E-state index is 0.0287. The van der Waals surface area contributed by atoms with Crippen molar-refractivity contribution in [3.05, 3.63) is 0 Å². The van der Waals surface area contributed by atoms with Gasteiger partial charge in [-0.15, -0.1) is 0 Å². The Bertz CT molecular complexity index is 381. The standard InChI is InChI=1S/C17H30N2O/c1-5-15-18-16(10(2)3)17(20)19(15)11(4)14-9-12-6-7-13(14)8-12/h10-16,18H,5-9H2,1-4H3. The highest BCUT2D eigenvalue weighted by atomic mass is 16.2. The molecular formula is C17H30N2O. The van der Waals surface area contributed by atoms with Crippen LogP contribution in [0.25, 0.3) is 0 Å². The number of hydrogen-bond acceptors (Lipinski definition) is 2. The molecule has 0 spiro atoms. The number of carbonyl (C=O) groups is 1. The van der Waals surface area contributed by atoms with Gasteiger partial charge in [-0.1, -0.05) is 27.2 Å². The molecule has 1 aliphatic heterocycles. The smallest absolute Gasteiger partial charge is 0.241 e. The largest absolute Gasteiger partial charge is 0.323 e. The molecule has 20 heavy (non-hydrogen) atoms. The van der Waals surface area contributed by atoms with Gasteiger partial charge in [0.2, 0.25) is 5.91 Å². The third-order valence-electron chi connectivity index (χ3n) is 6.13. The quantitative estimate of drug-likeness (QED) is 0.857. The molecule has 0 radical (unpaired) electrons. The lowest BCUT2D eigenvalue weighted by Crippen LogP contribution is -2.47. The summed E-state index contributed by atoms with van der Waals surface area (Å²) in [5, 5.41) is 3.56. The van der Waals surface area contributed by atoms with E-state index in [1.165, 1.54) is 25.7 Å². The predicted molar refractivity (Wildman–Crippen MR) is 81.1 cm³/mol. The van der Waals surface area contributed by atoms with Gasteiger partial charge in [0.25, 0.3) is 0 Å². The van der Waals surface area contributed by atoms with Crippen LogP contribution < -0.4 is 5.32 Å². The molecule has 3 rings (SSSR count). The van der Waals surface area contributed by atoms with E-state index >= 15 is 0 Å². The highest BCUT2D eigenvalue weighted by Gasteiger charge is 2.48. The van der Waals surface area contributed by atoms with Crippen molar-refractivity contribution in [2.45, 2.75) is 78.0 Å². The van der Waals surface area contributed by atoms with Crippen molar-refractivity contribution in [3.8, 4) is 0 Å². The molecule has 0 aromatic heterocycles. The summed E-state index contributed by atoms with van der Waals surface area (Å²) in [5.41, 5.74) is 0. The number of hydrogen-bond donors (Lipinski definition) is 1. The van der Waals surface area contributed by atoms with E-state index in [0.29, 0.717) is 17.9 Å². The molecular weight excluding hydrogens is 248 g/mol. The zero-order chi connectivity index (χ0) is 14.4. The Kier molecular flexibility index (Phi) is 3.83. The first-order valence-electron chi connectivity index (χ1n) is 8.61. The van der Waals surface area contributed by atoms with Crippen molar-refractivity contribution < 1.29 is 4.79 Å². The Balaban J connectivity index is 1.75. The number of carbonyl (C=O) groups excluding carboxylic acids is 1. The molecule has 114 valence electrons. The van der Waals surface area contributed by atoms with Crippen molar-refractivity contribution in [3.63, 3.8) is 0 Å². The van der Waals surface area contributed by atoms with Gasteiger partial charge in [-0.2, -0.15) is 0 Å². The molecule has 3 nitrogen and oxygen atoms in total. The first-order chi connectivity index (χ1) is 9.52. The van der Waals surface area contributed by atoms with Crippen molar-refractivity contribution in [1.82, 2.24) is 10.2 Å². The van der Waals surface area contributed by atoms with E-state index in [9.17, 15) is 4.79 Å². The molecule has 2 saturated carbocycles. The van der Waals surface area contributed by atoms with Crippen LogP contribution in [0.15, 0.2) is 0 Å². The van der Waals surface area contributed by atoms with Crippen LogP contribution in [0.4, 0.5) is 0 Å². The second-order valence-electron chi connectivity index (χ2n) is 7.64. The zero-order valence-electron chi connectivity index (χ0n) is 13.4. The Morgan fingerprint density at radius 2 is 2.00 bits per heavy atom. The number of rotatable bonds is 4. The predicted octanol–water partition coefficient (Wildman–Crippen LogP) is 3.00. The Morgan fingerprint density at radius 3 is 2.50 bits per heavy atom. The lowest BCUT2D eigenvalue weighted by Gasteiger charge is -2.37. The van der Waals surface area contributed by atoms with Crippen LogP contribution in [0.2, 0.25) is 0 Å². The number of nitrogens with zero attached hydrogens (tertiary/aromatic N) is 1. The molecule has 2 bridgehead atoms. The minimum Gasteiger partial charge on any atom is -0.323 e. The molecule has 2 aliphatic carbocycles. The van der Waals surface area contributed by atoms with Gasteiger partial charge >= 0.3 is 0 Å². The average Bonchev–Trinajstić information content (AvgIpc) is 3.10. The van der Waals surface area contributed by atoms with Crippen LogP contribution in [0.3, 0.4) is 0 Å². The van der Waals surface area contributed by atoms with Crippen LogP contribution in [-0.4, -0.2) is 29.1 Å². The van der Waals surface area contributed by atoms with Gasteiger partial charge in [0.05, 0.1) is 12.2 Å². The zero-order valence-corrected chi connectivity index (χ0v) is 13.4. The topological polar surface area (TPSA) is 32.3 Å². The average molecular weight is 278 g/mol. The lowest BCUT2D eigenvalue weighted by atomic mass is 9.83. The lowest BCUT2D eigenvalue weighted by molar-refractivity contribution is -0.134. The Labute approximate surface area is 123 Å². The molecule has 3 fully saturated rings. The van der Waals surface area contributed by atoms with Gasteiger partial charge in [0.1, 0.15) is 0 Å². The fraction of sp³-hybridized carbons (Fsp3) is 0.941.